The van der Waals surface area contributed by atoms with Crippen LogP contribution in [-0.2, 0) is 38.7 Å². The van der Waals surface area contributed by atoms with Gasteiger partial charge in [-0.3, -0.25) is 23.9 Å². The van der Waals surface area contributed by atoms with Crippen molar-refractivity contribution in [3.8, 4) is 11.6 Å². The van der Waals surface area contributed by atoms with Crippen molar-refractivity contribution >= 4 is 44.4 Å². The first-order valence-electron chi connectivity index (χ1n) is 19.7. The zero-order valence-corrected chi connectivity index (χ0v) is 34.2. The fraction of sp³-hybridized carbons (Fsp3) is 0.634. The minimum atomic E-state index is -4.89. The molecule has 17 heteroatoms. The number of ether oxygens (including phenoxy) is 4. The summed E-state index contributed by atoms with van der Waals surface area (Å²) >= 11 is 0. The van der Waals surface area contributed by atoms with Gasteiger partial charge in [-0.1, -0.05) is 19.1 Å². The van der Waals surface area contributed by atoms with Gasteiger partial charge in [0.15, 0.2) is 5.78 Å². The van der Waals surface area contributed by atoms with Crippen LogP contribution in [0.3, 0.4) is 0 Å². The third-order valence-electron chi connectivity index (χ3n) is 12.0. The largest absolute Gasteiger partial charge is 0.497 e. The summed E-state index contributed by atoms with van der Waals surface area (Å²) in [5.41, 5.74) is -4.22. The Morgan fingerprint density at radius 2 is 1.81 bits per heavy atom. The lowest BCUT2D eigenvalue weighted by molar-refractivity contribution is -0.257. The number of benzene rings is 1. The van der Waals surface area contributed by atoms with Crippen molar-refractivity contribution in [2.45, 2.75) is 108 Å². The van der Waals surface area contributed by atoms with Crippen LogP contribution in [0, 0.1) is 29.1 Å². The molecule has 0 radical (unpaired) electrons. The number of amides is 2. The maximum Gasteiger partial charge on any atom is 0.427 e. The van der Waals surface area contributed by atoms with Crippen molar-refractivity contribution < 1.29 is 59.7 Å². The molecule has 2 amide bonds. The molecule has 318 valence electrons. The van der Waals surface area contributed by atoms with Crippen LogP contribution < -0.4 is 14.2 Å². The molecule has 3 heterocycles. The Hall–Kier alpha value is -4.25. The summed E-state index contributed by atoms with van der Waals surface area (Å²) in [5.74, 6) is -4.77. The van der Waals surface area contributed by atoms with Gasteiger partial charge in [-0.05, 0) is 99.8 Å². The van der Waals surface area contributed by atoms with Crippen LogP contribution in [0.4, 0.5) is 13.2 Å². The number of halogens is 3. The predicted molar refractivity (Wildman–Crippen MR) is 205 cm³/mol. The highest BCUT2D eigenvalue weighted by molar-refractivity contribution is 7.90. The normalized spacial score (nSPS) is 29.1. The SMILES string of the molecule is COC[C@@H]1C[C@@H](C)CC/C=C\[C@@H]2C[C@@]2(C(=O)NS(=O)(=O)C2CC2)CC(=O)[C@@H]2C[C@@H](Oc3nccc4cc(OC)ccc34)CN2C(=O)[C@H]1CC(=O)OC(C)(C)C(F)(F)F. The highest BCUT2D eigenvalue weighted by Gasteiger charge is 2.62. The number of carbonyl (C=O) groups excluding carboxylic acids is 4. The molecule has 0 spiro atoms. The molecule has 0 bridgehead atoms. The molecule has 0 unspecified atom stereocenters. The Bertz CT molecular complexity index is 2040. The van der Waals surface area contributed by atoms with E-state index in [1.807, 2.05) is 19.1 Å². The number of ketones is 1. The van der Waals surface area contributed by atoms with Gasteiger partial charge >= 0.3 is 12.1 Å². The summed E-state index contributed by atoms with van der Waals surface area (Å²) in [5, 5.41) is 0.714. The lowest BCUT2D eigenvalue weighted by atomic mass is 9.81. The summed E-state index contributed by atoms with van der Waals surface area (Å²) in [7, 11) is -0.981. The molecule has 6 rings (SSSR count). The monoisotopic (exact) mass is 835 g/mol. The van der Waals surface area contributed by atoms with Crippen molar-refractivity contribution in [1.29, 1.82) is 0 Å². The second-order valence-corrected chi connectivity index (χ2v) is 18.8. The maximum atomic E-state index is 15.0. The Balaban J connectivity index is 1.37. The molecular weight excluding hydrogens is 784 g/mol. The first-order valence-corrected chi connectivity index (χ1v) is 21.3. The van der Waals surface area contributed by atoms with Gasteiger partial charge in [0.2, 0.25) is 33.3 Å². The molecule has 2 saturated carbocycles. The van der Waals surface area contributed by atoms with E-state index in [-0.39, 0.29) is 44.2 Å². The first-order chi connectivity index (χ1) is 27.3. The lowest BCUT2D eigenvalue weighted by Crippen LogP contribution is -2.49. The minimum Gasteiger partial charge on any atom is -0.497 e. The molecule has 2 aliphatic carbocycles. The minimum absolute atomic E-state index is 0.0108. The number of sulfonamides is 1. The molecule has 1 saturated heterocycles. The average Bonchev–Trinajstić information content (AvgIpc) is 4.08. The standard InChI is InChI=1S/C41H52F3N3O10S/c1-24-8-6-7-9-27-20-40(27,38(51)46-58(52,53)30-11-12-30)21-34(48)33-18-29(56-36-31-13-10-28(55-5)17-25(31)14-15-45-36)22-47(33)37(50)32(26(16-24)23-54-4)19-35(49)57-39(2,3)41(42,43)44/h7,9-10,13-15,17,24,26-27,29-30,32-33H,6,8,11-12,16,18-23H2,1-5H3,(H,46,51)/b9-7-/t24-,26-,27+,29+,32-,33-,40+/m0/s1. The molecule has 2 aromatic rings. The number of rotatable bonds is 11. The number of nitrogens with zero attached hydrogens (tertiary/aromatic N) is 2. The van der Waals surface area contributed by atoms with Crippen LogP contribution in [0.1, 0.15) is 78.6 Å². The number of aromatic nitrogens is 1. The van der Waals surface area contributed by atoms with E-state index in [2.05, 4.69) is 9.71 Å². The number of Topliss-reactive ketones (excluding diaryl/α,β-unsaturated/α-hetero) is 1. The van der Waals surface area contributed by atoms with E-state index in [0.717, 1.165) is 19.2 Å². The Morgan fingerprint density at radius 1 is 1.07 bits per heavy atom. The molecule has 1 aromatic heterocycles. The molecule has 4 aliphatic rings. The van der Waals surface area contributed by atoms with Gasteiger partial charge in [0, 0.05) is 38.1 Å². The highest BCUT2D eigenvalue weighted by Crippen LogP contribution is 2.57. The fourth-order valence-corrected chi connectivity index (χ4v) is 9.65. The third kappa shape index (κ3) is 9.45. The van der Waals surface area contributed by atoms with E-state index < -0.39 is 92.4 Å². The molecular formula is C41H52F3N3O10S. The summed E-state index contributed by atoms with van der Waals surface area (Å²) in [6.07, 6.45) is 1.08. The molecule has 7 atom stereocenters. The zero-order chi connectivity index (χ0) is 42.2. The second-order valence-electron chi connectivity index (χ2n) is 16.8. The molecule has 2 aliphatic heterocycles. The number of alkyl halides is 3. The Kier molecular flexibility index (Phi) is 12.5. The van der Waals surface area contributed by atoms with Crippen LogP contribution in [0.5, 0.6) is 11.6 Å². The Labute approximate surface area is 336 Å². The van der Waals surface area contributed by atoms with Crippen molar-refractivity contribution in [2.75, 3.05) is 27.4 Å². The summed E-state index contributed by atoms with van der Waals surface area (Å²) in [6, 6.07) is 5.87. The number of carbonyl (C=O) groups is 4. The number of pyridine rings is 1. The van der Waals surface area contributed by atoms with E-state index in [4.69, 9.17) is 18.9 Å². The van der Waals surface area contributed by atoms with Crippen molar-refractivity contribution in [3.63, 3.8) is 0 Å². The molecule has 1 aromatic carbocycles. The van der Waals surface area contributed by atoms with Gasteiger partial charge in [0.05, 0.1) is 42.7 Å². The summed E-state index contributed by atoms with van der Waals surface area (Å²) in [6.45, 7) is 3.25. The summed E-state index contributed by atoms with van der Waals surface area (Å²) < 4.78 is 91.8. The van der Waals surface area contributed by atoms with E-state index in [0.29, 0.717) is 43.2 Å². The van der Waals surface area contributed by atoms with Crippen LogP contribution in [0.2, 0.25) is 0 Å². The second kappa shape index (κ2) is 16.8. The van der Waals surface area contributed by atoms with Crippen LogP contribution in [0.25, 0.3) is 10.8 Å². The maximum absolute atomic E-state index is 15.0. The number of allylic oxidation sites excluding steroid dienone is 2. The van der Waals surface area contributed by atoms with Crippen molar-refractivity contribution in [2.24, 2.45) is 29.1 Å². The van der Waals surface area contributed by atoms with Crippen molar-refractivity contribution in [3.05, 3.63) is 42.6 Å². The summed E-state index contributed by atoms with van der Waals surface area (Å²) in [4.78, 5) is 62.6. The predicted octanol–water partition coefficient (Wildman–Crippen LogP) is 5.69. The van der Waals surface area contributed by atoms with Gasteiger partial charge < -0.3 is 23.8 Å². The van der Waals surface area contributed by atoms with E-state index in [1.54, 1.807) is 30.5 Å². The zero-order valence-electron chi connectivity index (χ0n) is 33.4. The van der Waals surface area contributed by atoms with Gasteiger partial charge in [0.25, 0.3) is 0 Å². The quantitative estimate of drug-likeness (QED) is 0.218. The molecule has 3 fully saturated rings. The molecule has 13 nitrogen and oxygen atoms in total. The van der Waals surface area contributed by atoms with E-state index >= 15 is 0 Å². The van der Waals surface area contributed by atoms with Crippen LogP contribution in [-0.4, -0.2) is 98.4 Å². The highest BCUT2D eigenvalue weighted by atomic mass is 32.2. The topological polar surface area (TPSA) is 167 Å². The van der Waals surface area contributed by atoms with E-state index in [9.17, 15) is 40.8 Å². The smallest absolute Gasteiger partial charge is 0.427 e. The van der Waals surface area contributed by atoms with Gasteiger partial charge in [-0.25, -0.2) is 13.4 Å². The fourth-order valence-electron chi connectivity index (χ4n) is 8.26. The Morgan fingerprint density at radius 3 is 2.48 bits per heavy atom. The number of nitrogens with one attached hydrogen (secondary N) is 1. The molecule has 58 heavy (non-hydrogen) atoms. The number of hydrogen-bond acceptors (Lipinski definition) is 11. The van der Waals surface area contributed by atoms with Gasteiger partial charge in [-0.2, -0.15) is 13.2 Å². The number of methoxy groups -OCH3 is 2. The van der Waals surface area contributed by atoms with Crippen LogP contribution >= 0.6 is 0 Å². The van der Waals surface area contributed by atoms with Gasteiger partial charge in [0.1, 0.15) is 11.9 Å². The van der Waals surface area contributed by atoms with Crippen LogP contribution in [0.15, 0.2) is 42.6 Å². The lowest BCUT2D eigenvalue weighted by Gasteiger charge is -2.34. The first kappa shape index (κ1) is 43.3. The van der Waals surface area contributed by atoms with Crippen molar-refractivity contribution in [1.82, 2.24) is 14.6 Å². The number of hydrogen-bond donors (Lipinski definition) is 1. The van der Waals surface area contributed by atoms with Gasteiger partial charge in [-0.15, -0.1) is 0 Å². The third-order valence-corrected chi connectivity index (χ3v) is 13.8. The van der Waals surface area contributed by atoms with E-state index in [1.165, 1.54) is 19.1 Å². The average molecular weight is 836 g/mol. The molecule has 1 N–H and O–H groups in total. The number of esters is 1. The number of fused-ring (bicyclic) bond motifs is 3.